The van der Waals surface area contributed by atoms with Gasteiger partial charge in [0.05, 0.1) is 5.92 Å². The molecule has 0 saturated carbocycles. The number of ether oxygens (including phenoxy) is 1. The molecule has 0 aromatic heterocycles. The largest absolute Gasteiger partial charge is 0.461 e. The maximum Gasteiger partial charge on any atom is 0.309 e. The molecule has 0 aliphatic carbocycles. The Morgan fingerprint density at radius 1 is 0.840 bits per heavy atom. The van der Waals surface area contributed by atoms with Crippen LogP contribution in [0.4, 0.5) is 0 Å². The van der Waals surface area contributed by atoms with Crippen LogP contribution in [0.15, 0.2) is 12.7 Å². The molecule has 148 valence electrons. The van der Waals surface area contributed by atoms with Crippen molar-refractivity contribution in [3.8, 4) is 0 Å². The summed E-state index contributed by atoms with van der Waals surface area (Å²) >= 11 is 0. The Bertz CT molecular complexity index is 346. The highest BCUT2D eigenvalue weighted by Crippen LogP contribution is 2.28. The summed E-state index contributed by atoms with van der Waals surface area (Å²) in [6, 6.07) is 0. The summed E-state index contributed by atoms with van der Waals surface area (Å²) in [5, 5.41) is 0. The molecular weight excluding hydrogens is 308 g/mol. The van der Waals surface area contributed by atoms with E-state index >= 15 is 0 Å². The van der Waals surface area contributed by atoms with E-state index in [1.54, 1.807) is 6.08 Å². The van der Waals surface area contributed by atoms with E-state index in [2.05, 4.69) is 48.1 Å². The Kier molecular flexibility index (Phi) is 13.9. The van der Waals surface area contributed by atoms with Crippen molar-refractivity contribution in [3.63, 3.8) is 0 Å². The summed E-state index contributed by atoms with van der Waals surface area (Å²) in [6.07, 6.45) is 11.2. The van der Waals surface area contributed by atoms with E-state index in [1.165, 1.54) is 32.1 Å². The SMILES string of the molecule is C=CCOC(=O)C(CCC(C)CCCC(C)C)C(C)CCCC(C)C. The smallest absolute Gasteiger partial charge is 0.309 e. The molecule has 2 nitrogen and oxygen atoms in total. The van der Waals surface area contributed by atoms with Crippen molar-refractivity contribution < 1.29 is 9.53 Å². The molecule has 0 heterocycles. The van der Waals surface area contributed by atoms with Gasteiger partial charge in [-0.15, -0.1) is 0 Å². The maximum atomic E-state index is 12.5. The molecule has 0 aliphatic rings. The summed E-state index contributed by atoms with van der Waals surface area (Å²) in [5.74, 6) is 2.63. The zero-order valence-electron chi connectivity index (χ0n) is 17.9. The van der Waals surface area contributed by atoms with Gasteiger partial charge in [0.15, 0.2) is 0 Å². The monoisotopic (exact) mass is 352 g/mol. The van der Waals surface area contributed by atoms with Crippen LogP contribution >= 0.6 is 0 Å². The molecule has 0 aromatic rings. The summed E-state index contributed by atoms with van der Waals surface area (Å²) in [6.45, 7) is 17.6. The van der Waals surface area contributed by atoms with Gasteiger partial charge in [-0.25, -0.2) is 0 Å². The third-order valence-corrected chi connectivity index (χ3v) is 5.22. The predicted molar refractivity (Wildman–Crippen MR) is 110 cm³/mol. The maximum absolute atomic E-state index is 12.5. The van der Waals surface area contributed by atoms with Crippen LogP contribution in [0, 0.1) is 29.6 Å². The molecule has 0 bridgehead atoms. The highest BCUT2D eigenvalue weighted by Gasteiger charge is 2.26. The standard InChI is InChI=1S/C23H44O2/c1-8-17-25-23(24)22(21(7)14-10-12-19(4)5)16-15-20(6)13-9-11-18(2)3/h8,18-22H,1,9-17H2,2-7H3. The van der Waals surface area contributed by atoms with Crippen LogP contribution in [0.2, 0.25) is 0 Å². The zero-order valence-corrected chi connectivity index (χ0v) is 17.9. The molecule has 0 radical (unpaired) electrons. The Hall–Kier alpha value is -0.790. The third-order valence-electron chi connectivity index (χ3n) is 5.22. The molecule has 0 aliphatic heterocycles. The van der Waals surface area contributed by atoms with Crippen LogP contribution in [0.5, 0.6) is 0 Å². The van der Waals surface area contributed by atoms with Gasteiger partial charge >= 0.3 is 5.97 Å². The fourth-order valence-corrected chi connectivity index (χ4v) is 3.42. The lowest BCUT2D eigenvalue weighted by atomic mass is 9.83. The number of hydrogen-bond acceptors (Lipinski definition) is 2. The van der Waals surface area contributed by atoms with E-state index in [0.29, 0.717) is 18.4 Å². The van der Waals surface area contributed by atoms with E-state index in [0.717, 1.165) is 31.1 Å². The van der Waals surface area contributed by atoms with Gasteiger partial charge in [-0.05, 0) is 42.9 Å². The summed E-state index contributed by atoms with van der Waals surface area (Å²) in [4.78, 5) is 12.5. The number of carbonyl (C=O) groups excluding carboxylic acids is 1. The van der Waals surface area contributed by atoms with Crippen LogP contribution in [-0.2, 0) is 9.53 Å². The van der Waals surface area contributed by atoms with E-state index in [-0.39, 0.29) is 11.9 Å². The molecule has 0 aromatic carbocycles. The van der Waals surface area contributed by atoms with Crippen LogP contribution in [0.1, 0.15) is 92.9 Å². The minimum absolute atomic E-state index is 0.0219. The lowest BCUT2D eigenvalue weighted by molar-refractivity contribution is -0.149. The average molecular weight is 353 g/mol. The Labute approximate surface area is 157 Å². The van der Waals surface area contributed by atoms with Crippen molar-refractivity contribution in [1.82, 2.24) is 0 Å². The van der Waals surface area contributed by atoms with E-state index in [1.807, 2.05) is 0 Å². The van der Waals surface area contributed by atoms with E-state index in [9.17, 15) is 4.79 Å². The van der Waals surface area contributed by atoms with Gasteiger partial charge in [-0.1, -0.05) is 86.3 Å². The van der Waals surface area contributed by atoms with Crippen molar-refractivity contribution in [1.29, 1.82) is 0 Å². The molecule has 0 spiro atoms. The van der Waals surface area contributed by atoms with Crippen LogP contribution in [0.25, 0.3) is 0 Å². The number of hydrogen-bond donors (Lipinski definition) is 0. The highest BCUT2D eigenvalue weighted by atomic mass is 16.5. The average Bonchev–Trinajstić information content (AvgIpc) is 2.52. The minimum atomic E-state index is -0.0219. The minimum Gasteiger partial charge on any atom is -0.461 e. The van der Waals surface area contributed by atoms with Gasteiger partial charge in [0.2, 0.25) is 0 Å². The fourth-order valence-electron chi connectivity index (χ4n) is 3.42. The van der Waals surface area contributed by atoms with Crippen molar-refractivity contribution >= 4 is 5.97 Å². The first kappa shape index (κ1) is 24.2. The predicted octanol–water partition coefficient (Wildman–Crippen LogP) is 7.04. The topological polar surface area (TPSA) is 26.3 Å². The van der Waals surface area contributed by atoms with Crippen molar-refractivity contribution in [2.24, 2.45) is 29.6 Å². The molecule has 0 saturated heterocycles. The Morgan fingerprint density at radius 3 is 1.92 bits per heavy atom. The molecule has 0 fully saturated rings. The summed E-state index contributed by atoms with van der Waals surface area (Å²) in [5.41, 5.74) is 0. The molecule has 0 amide bonds. The van der Waals surface area contributed by atoms with Crippen LogP contribution < -0.4 is 0 Å². The van der Waals surface area contributed by atoms with Crippen molar-refractivity contribution in [2.75, 3.05) is 6.61 Å². The molecule has 0 N–H and O–H groups in total. The summed E-state index contributed by atoms with van der Waals surface area (Å²) in [7, 11) is 0. The second-order valence-electron chi connectivity index (χ2n) is 8.83. The van der Waals surface area contributed by atoms with Crippen molar-refractivity contribution in [2.45, 2.75) is 92.9 Å². The van der Waals surface area contributed by atoms with Gasteiger partial charge in [-0.2, -0.15) is 0 Å². The molecule has 2 heteroatoms. The highest BCUT2D eigenvalue weighted by molar-refractivity contribution is 5.72. The second-order valence-corrected chi connectivity index (χ2v) is 8.83. The number of rotatable bonds is 15. The number of carbonyl (C=O) groups is 1. The fraction of sp³-hybridized carbons (Fsp3) is 0.870. The van der Waals surface area contributed by atoms with E-state index < -0.39 is 0 Å². The first-order valence-corrected chi connectivity index (χ1v) is 10.5. The van der Waals surface area contributed by atoms with Gasteiger partial charge in [0.1, 0.15) is 6.61 Å². The second kappa shape index (κ2) is 14.4. The first-order valence-electron chi connectivity index (χ1n) is 10.5. The molecule has 3 unspecified atom stereocenters. The lowest BCUT2D eigenvalue weighted by Gasteiger charge is -2.24. The van der Waals surface area contributed by atoms with Crippen molar-refractivity contribution in [3.05, 3.63) is 12.7 Å². The summed E-state index contributed by atoms with van der Waals surface area (Å²) < 4.78 is 5.39. The quantitative estimate of drug-likeness (QED) is 0.233. The zero-order chi connectivity index (χ0) is 19.2. The number of esters is 1. The van der Waals surface area contributed by atoms with Gasteiger partial charge in [0.25, 0.3) is 0 Å². The molecule has 0 rings (SSSR count). The molecular formula is C23H44O2. The van der Waals surface area contributed by atoms with Gasteiger partial charge < -0.3 is 4.74 Å². The Balaban J connectivity index is 4.46. The Morgan fingerprint density at radius 2 is 1.40 bits per heavy atom. The van der Waals surface area contributed by atoms with Crippen LogP contribution in [-0.4, -0.2) is 12.6 Å². The molecule has 25 heavy (non-hydrogen) atoms. The first-order chi connectivity index (χ1) is 11.8. The third kappa shape index (κ3) is 13.1. The molecule has 3 atom stereocenters. The van der Waals surface area contributed by atoms with Crippen LogP contribution in [0.3, 0.4) is 0 Å². The van der Waals surface area contributed by atoms with Gasteiger partial charge in [-0.3, -0.25) is 4.79 Å². The lowest BCUT2D eigenvalue weighted by Crippen LogP contribution is -2.25. The van der Waals surface area contributed by atoms with Gasteiger partial charge in [0, 0.05) is 0 Å². The normalized spacial score (nSPS) is 15.2. The van der Waals surface area contributed by atoms with E-state index in [4.69, 9.17) is 4.74 Å².